The lowest BCUT2D eigenvalue weighted by Gasteiger charge is -2.33. The summed E-state index contributed by atoms with van der Waals surface area (Å²) in [6.45, 7) is 1.89. The normalized spacial score (nSPS) is 16.7. The number of nitro groups is 1. The van der Waals surface area contributed by atoms with Gasteiger partial charge in [0.05, 0.1) is 4.92 Å². The minimum Gasteiger partial charge on any atom is -0.384 e. The molecule has 0 bridgehead atoms. The number of nitro benzene ring substituents is 1. The van der Waals surface area contributed by atoms with Crippen molar-refractivity contribution < 1.29 is 18.1 Å². The van der Waals surface area contributed by atoms with Gasteiger partial charge in [-0.05, 0) is 30.9 Å². The average molecular weight is 329 g/mol. The highest BCUT2D eigenvalue weighted by Crippen LogP contribution is 2.36. The molecule has 0 aromatic heterocycles. The Morgan fingerprint density at radius 1 is 1.41 bits per heavy atom. The van der Waals surface area contributed by atoms with Gasteiger partial charge in [0.1, 0.15) is 5.69 Å². The highest BCUT2D eigenvalue weighted by Gasteiger charge is 2.30. The largest absolute Gasteiger partial charge is 0.384 e. The molecular weight excluding hydrogens is 310 g/mol. The number of nitrogens with two attached hydrogens (primary N) is 1. The molecule has 0 aliphatic carbocycles. The second-order valence-corrected chi connectivity index (χ2v) is 6.84. The first-order valence-corrected chi connectivity index (χ1v) is 8.43. The molecule has 0 unspecified atom stereocenters. The highest BCUT2D eigenvalue weighted by molar-refractivity contribution is 7.89. The Labute approximate surface area is 129 Å². The molecule has 1 saturated heterocycles. The van der Waals surface area contributed by atoms with Crippen LogP contribution >= 0.6 is 0 Å². The van der Waals surface area contributed by atoms with E-state index in [1.54, 1.807) is 13.2 Å². The molecule has 0 radical (unpaired) electrons. The van der Waals surface area contributed by atoms with Crippen molar-refractivity contribution >= 4 is 21.4 Å². The maximum Gasteiger partial charge on any atom is 0.312 e. The molecule has 2 rings (SSSR count). The lowest BCUT2D eigenvalue weighted by Crippen LogP contribution is -2.35. The van der Waals surface area contributed by atoms with Crippen molar-refractivity contribution in [3.63, 3.8) is 0 Å². The quantitative estimate of drug-likeness (QED) is 0.639. The molecule has 0 saturated carbocycles. The predicted molar refractivity (Wildman–Crippen MR) is 81.3 cm³/mol. The van der Waals surface area contributed by atoms with Crippen LogP contribution in [0.4, 0.5) is 11.4 Å². The number of hydrogen-bond acceptors (Lipinski definition) is 6. The lowest BCUT2D eigenvalue weighted by atomic mass is 9.97. The SMILES string of the molecule is COCC1CCN(c2cccc(S(N)(=O)=O)c2[N+](=O)[O-])CC1. The topological polar surface area (TPSA) is 116 Å². The number of primary sulfonamides is 1. The van der Waals surface area contributed by atoms with E-state index in [0.717, 1.165) is 18.9 Å². The third-order valence-electron chi connectivity index (χ3n) is 3.82. The summed E-state index contributed by atoms with van der Waals surface area (Å²) < 4.78 is 28.3. The summed E-state index contributed by atoms with van der Waals surface area (Å²) in [6, 6.07) is 4.20. The van der Waals surface area contributed by atoms with Gasteiger partial charge in [0.2, 0.25) is 10.0 Å². The highest BCUT2D eigenvalue weighted by atomic mass is 32.2. The first-order valence-electron chi connectivity index (χ1n) is 6.88. The van der Waals surface area contributed by atoms with E-state index in [9.17, 15) is 18.5 Å². The van der Waals surface area contributed by atoms with Crippen molar-refractivity contribution in [2.75, 3.05) is 31.7 Å². The van der Waals surface area contributed by atoms with Gasteiger partial charge in [0.25, 0.3) is 0 Å². The molecule has 122 valence electrons. The van der Waals surface area contributed by atoms with E-state index in [4.69, 9.17) is 9.88 Å². The Hall–Kier alpha value is -1.71. The lowest BCUT2D eigenvalue weighted by molar-refractivity contribution is -0.387. The molecule has 9 heteroatoms. The second-order valence-electron chi connectivity index (χ2n) is 5.31. The van der Waals surface area contributed by atoms with Crippen molar-refractivity contribution in [3.05, 3.63) is 28.3 Å². The molecule has 22 heavy (non-hydrogen) atoms. The molecule has 1 aliphatic rings. The second kappa shape index (κ2) is 6.59. The number of ether oxygens (including phenoxy) is 1. The smallest absolute Gasteiger partial charge is 0.312 e. The van der Waals surface area contributed by atoms with E-state index < -0.39 is 25.5 Å². The molecule has 1 aromatic carbocycles. The van der Waals surface area contributed by atoms with Crippen molar-refractivity contribution in [2.24, 2.45) is 11.1 Å². The van der Waals surface area contributed by atoms with Gasteiger partial charge in [-0.25, -0.2) is 13.6 Å². The van der Waals surface area contributed by atoms with Crippen molar-refractivity contribution in [1.29, 1.82) is 0 Å². The van der Waals surface area contributed by atoms with Gasteiger partial charge in [0.15, 0.2) is 4.90 Å². The van der Waals surface area contributed by atoms with Crippen LogP contribution in [-0.2, 0) is 14.8 Å². The minimum atomic E-state index is -4.15. The maximum absolute atomic E-state index is 11.6. The first-order chi connectivity index (χ1) is 10.3. The molecule has 8 nitrogen and oxygen atoms in total. The summed E-state index contributed by atoms with van der Waals surface area (Å²) in [5.74, 6) is 0.418. The van der Waals surface area contributed by atoms with Gasteiger partial charge in [-0.2, -0.15) is 0 Å². The Morgan fingerprint density at radius 2 is 2.05 bits per heavy atom. The van der Waals surface area contributed by atoms with Crippen LogP contribution in [0.5, 0.6) is 0 Å². The van der Waals surface area contributed by atoms with Gasteiger partial charge in [0, 0.05) is 26.8 Å². The van der Waals surface area contributed by atoms with Crippen molar-refractivity contribution in [3.8, 4) is 0 Å². The van der Waals surface area contributed by atoms with E-state index in [0.29, 0.717) is 31.3 Å². The van der Waals surface area contributed by atoms with Crippen LogP contribution in [0.1, 0.15) is 12.8 Å². The van der Waals surface area contributed by atoms with E-state index in [2.05, 4.69) is 0 Å². The van der Waals surface area contributed by atoms with Crippen LogP contribution in [0.3, 0.4) is 0 Å². The molecule has 1 aromatic rings. The maximum atomic E-state index is 11.6. The van der Waals surface area contributed by atoms with Crippen LogP contribution in [0.2, 0.25) is 0 Å². The number of rotatable bonds is 5. The summed E-state index contributed by atoms with van der Waals surface area (Å²) in [5, 5.41) is 16.4. The number of nitrogens with zero attached hydrogens (tertiary/aromatic N) is 2. The Morgan fingerprint density at radius 3 is 2.55 bits per heavy atom. The van der Waals surface area contributed by atoms with Gasteiger partial charge >= 0.3 is 5.69 Å². The van der Waals surface area contributed by atoms with Crippen LogP contribution in [-0.4, -0.2) is 40.1 Å². The molecule has 0 amide bonds. The molecule has 2 N–H and O–H groups in total. The van der Waals surface area contributed by atoms with Crippen LogP contribution in [0.25, 0.3) is 0 Å². The fraction of sp³-hybridized carbons (Fsp3) is 0.538. The number of piperidine rings is 1. The fourth-order valence-electron chi connectivity index (χ4n) is 2.76. The molecule has 1 aliphatic heterocycles. The third-order valence-corrected chi connectivity index (χ3v) is 4.77. The number of hydrogen-bond donors (Lipinski definition) is 1. The zero-order valence-corrected chi connectivity index (χ0v) is 13.1. The van der Waals surface area contributed by atoms with Crippen LogP contribution < -0.4 is 10.0 Å². The average Bonchev–Trinajstić information content (AvgIpc) is 2.46. The summed E-state index contributed by atoms with van der Waals surface area (Å²) in [7, 11) is -2.50. The molecule has 0 spiro atoms. The molecule has 1 fully saturated rings. The Bertz CT molecular complexity index is 654. The van der Waals surface area contributed by atoms with E-state index in [1.165, 1.54) is 6.07 Å². The van der Waals surface area contributed by atoms with Crippen molar-refractivity contribution in [2.45, 2.75) is 17.7 Å². The summed E-state index contributed by atoms with van der Waals surface area (Å²) in [6.07, 6.45) is 1.68. The van der Waals surface area contributed by atoms with Crippen LogP contribution in [0.15, 0.2) is 23.1 Å². The summed E-state index contributed by atoms with van der Waals surface area (Å²) >= 11 is 0. The monoisotopic (exact) mass is 329 g/mol. The Kier molecular flexibility index (Phi) is 4.99. The van der Waals surface area contributed by atoms with Gasteiger partial charge in [-0.15, -0.1) is 0 Å². The first kappa shape index (κ1) is 16.7. The van der Waals surface area contributed by atoms with Gasteiger partial charge in [-0.1, -0.05) is 6.07 Å². The van der Waals surface area contributed by atoms with Gasteiger partial charge < -0.3 is 9.64 Å². The van der Waals surface area contributed by atoms with Crippen LogP contribution in [0, 0.1) is 16.0 Å². The van der Waals surface area contributed by atoms with Gasteiger partial charge in [-0.3, -0.25) is 10.1 Å². The molecule has 1 heterocycles. The van der Waals surface area contributed by atoms with E-state index in [-0.39, 0.29) is 0 Å². The number of para-hydroxylation sites is 1. The number of methoxy groups -OCH3 is 1. The number of benzene rings is 1. The van der Waals surface area contributed by atoms with E-state index >= 15 is 0 Å². The standard InChI is InChI=1S/C13H19N3O5S/c1-21-9-10-5-7-15(8-6-10)11-3-2-4-12(22(14,19)20)13(11)16(17)18/h2-4,10H,5-9H2,1H3,(H2,14,19,20). The summed E-state index contributed by atoms with van der Waals surface area (Å²) in [5.41, 5.74) is -0.150. The summed E-state index contributed by atoms with van der Waals surface area (Å²) in [4.78, 5) is 12.0. The number of anilines is 1. The predicted octanol–water partition coefficient (Wildman–Crippen LogP) is 1.11. The van der Waals surface area contributed by atoms with E-state index in [1.807, 2.05) is 4.90 Å². The molecule has 0 atom stereocenters. The molecular formula is C13H19N3O5S. The fourth-order valence-corrected chi connectivity index (χ4v) is 3.47. The van der Waals surface area contributed by atoms with Crippen molar-refractivity contribution in [1.82, 2.24) is 0 Å². The zero-order valence-electron chi connectivity index (χ0n) is 12.3. The third kappa shape index (κ3) is 3.54. The minimum absolute atomic E-state index is 0.299. The zero-order chi connectivity index (χ0) is 16.3. The Balaban J connectivity index is 2.34. The number of sulfonamides is 1.